The molecule has 1 aromatic rings. The van der Waals surface area contributed by atoms with Crippen LogP contribution in [-0.2, 0) is 16.6 Å². The molecular formula is C19H35IN4O2S2. The van der Waals surface area contributed by atoms with E-state index in [2.05, 4.69) is 36.4 Å². The zero-order valence-corrected chi connectivity index (χ0v) is 21.5. The minimum Gasteiger partial charge on any atom is -0.357 e. The van der Waals surface area contributed by atoms with E-state index in [-0.39, 0.29) is 24.0 Å². The summed E-state index contributed by atoms with van der Waals surface area (Å²) in [6.45, 7) is 7.97. The van der Waals surface area contributed by atoms with Crippen LogP contribution in [0.1, 0.15) is 51.3 Å². The number of halogens is 1. The molecule has 0 saturated heterocycles. The van der Waals surface area contributed by atoms with Gasteiger partial charge < -0.3 is 10.6 Å². The van der Waals surface area contributed by atoms with Crippen molar-refractivity contribution in [1.82, 2.24) is 14.9 Å². The first-order valence-corrected chi connectivity index (χ1v) is 12.1. The second-order valence-corrected chi connectivity index (χ2v) is 11.3. The molecule has 1 aliphatic carbocycles. The van der Waals surface area contributed by atoms with Gasteiger partial charge in [0.2, 0.25) is 0 Å². The first kappa shape index (κ1) is 25.6. The van der Waals surface area contributed by atoms with E-state index in [1.54, 1.807) is 20.2 Å². The fraction of sp³-hybridized carbons (Fsp3) is 0.737. The van der Waals surface area contributed by atoms with Crippen molar-refractivity contribution in [2.24, 2.45) is 16.8 Å². The Labute approximate surface area is 191 Å². The van der Waals surface area contributed by atoms with Crippen LogP contribution in [0.4, 0.5) is 0 Å². The van der Waals surface area contributed by atoms with E-state index in [0.717, 1.165) is 29.2 Å². The van der Waals surface area contributed by atoms with Crippen molar-refractivity contribution in [3.63, 3.8) is 0 Å². The van der Waals surface area contributed by atoms with Gasteiger partial charge in [0.1, 0.15) is 4.21 Å². The van der Waals surface area contributed by atoms with Crippen molar-refractivity contribution in [3.05, 3.63) is 17.0 Å². The monoisotopic (exact) mass is 542 g/mol. The molecule has 0 aliphatic heterocycles. The van der Waals surface area contributed by atoms with E-state index in [9.17, 15) is 8.42 Å². The van der Waals surface area contributed by atoms with Gasteiger partial charge in [-0.2, -0.15) is 0 Å². The standard InChI is InChI=1S/C19H34N4O2S2.HI/c1-6-20-19(22-16-9-7-15(8-10-16)14(2)3)21-13-17-11-12-18(26-17)27(24,25)23(4)5;/h11-12,14-16H,6-10,13H2,1-5H3,(H2,20,21,22);1H. The molecule has 0 spiro atoms. The maximum Gasteiger partial charge on any atom is 0.252 e. The van der Waals surface area contributed by atoms with E-state index in [4.69, 9.17) is 0 Å². The molecule has 2 rings (SSSR count). The van der Waals surface area contributed by atoms with Crippen LogP contribution >= 0.6 is 35.3 Å². The molecule has 0 bridgehead atoms. The summed E-state index contributed by atoms with van der Waals surface area (Å²) >= 11 is 1.29. The highest BCUT2D eigenvalue weighted by Crippen LogP contribution is 2.30. The fourth-order valence-corrected chi connectivity index (χ4v) is 5.81. The van der Waals surface area contributed by atoms with Crippen LogP contribution in [0.5, 0.6) is 0 Å². The topological polar surface area (TPSA) is 73.8 Å². The number of nitrogens with zero attached hydrogens (tertiary/aromatic N) is 2. The number of hydrogen-bond donors (Lipinski definition) is 2. The van der Waals surface area contributed by atoms with Gasteiger partial charge in [-0.05, 0) is 56.6 Å². The molecule has 1 aliphatic rings. The van der Waals surface area contributed by atoms with Crippen molar-refractivity contribution < 1.29 is 8.42 Å². The molecule has 1 heterocycles. The molecule has 9 heteroatoms. The number of aliphatic imine (C=N–C) groups is 1. The lowest BCUT2D eigenvalue weighted by Crippen LogP contribution is -2.45. The minimum absolute atomic E-state index is 0. The molecule has 2 N–H and O–H groups in total. The molecule has 0 atom stereocenters. The largest absolute Gasteiger partial charge is 0.357 e. The molecule has 28 heavy (non-hydrogen) atoms. The Hall–Kier alpha value is -0.390. The lowest BCUT2D eigenvalue weighted by atomic mass is 9.80. The van der Waals surface area contributed by atoms with E-state index < -0.39 is 10.0 Å². The van der Waals surface area contributed by atoms with Crippen LogP contribution in [-0.4, -0.2) is 45.4 Å². The van der Waals surface area contributed by atoms with Crippen LogP contribution in [0.3, 0.4) is 0 Å². The smallest absolute Gasteiger partial charge is 0.252 e. The van der Waals surface area contributed by atoms with Crippen molar-refractivity contribution in [1.29, 1.82) is 0 Å². The SMILES string of the molecule is CCNC(=NCc1ccc(S(=O)(=O)N(C)C)s1)NC1CCC(C(C)C)CC1.I. The Bertz CT molecular complexity index is 724. The fourth-order valence-electron chi connectivity index (χ4n) is 3.36. The number of sulfonamides is 1. The maximum absolute atomic E-state index is 12.2. The zero-order chi connectivity index (χ0) is 20.0. The average Bonchev–Trinajstić information content (AvgIpc) is 3.10. The first-order valence-electron chi connectivity index (χ1n) is 9.80. The van der Waals surface area contributed by atoms with E-state index in [0.29, 0.717) is 16.8 Å². The summed E-state index contributed by atoms with van der Waals surface area (Å²) < 4.78 is 26.0. The van der Waals surface area contributed by atoms with E-state index in [1.807, 2.05) is 6.07 Å². The van der Waals surface area contributed by atoms with Gasteiger partial charge in [0.05, 0.1) is 6.54 Å². The number of hydrogen-bond acceptors (Lipinski definition) is 4. The number of guanidine groups is 1. The molecule has 0 aromatic carbocycles. The number of rotatable bonds is 7. The average molecular weight is 543 g/mol. The van der Waals surface area contributed by atoms with Gasteiger partial charge in [0.25, 0.3) is 10.0 Å². The van der Waals surface area contributed by atoms with Crippen LogP contribution in [0.25, 0.3) is 0 Å². The summed E-state index contributed by atoms with van der Waals surface area (Å²) in [6.07, 6.45) is 4.89. The molecule has 1 fully saturated rings. The molecule has 162 valence electrons. The maximum atomic E-state index is 12.2. The molecule has 0 amide bonds. The van der Waals surface area contributed by atoms with Crippen molar-refractivity contribution in [3.8, 4) is 0 Å². The molecular weight excluding hydrogens is 507 g/mol. The van der Waals surface area contributed by atoms with Gasteiger partial charge in [-0.3, -0.25) is 0 Å². The highest BCUT2D eigenvalue weighted by molar-refractivity contribution is 14.0. The summed E-state index contributed by atoms with van der Waals surface area (Å²) in [5.74, 6) is 2.42. The van der Waals surface area contributed by atoms with E-state index in [1.165, 1.54) is 41.3 Å². The van der Waals surface area contributed by atoms with Crippen molar-refractivity contribution >= 4 is 51.3 Å². The Morgan fingerprint density at radius 2 is 1.89 bits per heavy atom. The Kier molecular flexibility index (Phi) is 10.7. The Morgan fingerprint density at radius 1 is 1.25 bits per heavy atom. The van der Waals surface area contributed by atoms with Crippen LogP contribution in [0.2, 0.25) is 0 Å². The van der Waals surface area contributed by atoms with Gasteiger partial charge in [-0.1, -0.05) is 13.8 Å². The molecule has 0 radical (unpaired) electrons. The van der Waals surface area contributed by atoms with Crippen molar-refractivity contribution in [2.45, 2.75) is 63.3 Å². The van der Waals surface area contributed by atoms with Gasteiger partial charge in [-0.25, -0.2) is 17.7 Å². The Balaban J connectivity index is 0.00000392. The lowest BCUT2D eigenvalue weighted by molar-refractivity contribution is 0.250. The number of thiophene rings is 1. The molecule has 0 unspecified atom stereocenters. The third kappa shape index (κ3) is 7.14. The van der Waals surface area contributed by atoms with Crippen LogP contribution in [0.15, 0.2) is 21.3 Å². The van der Waals surface area contributed by atoms with Gasteiger partial charge >= 0.3 is 0 Å². The van der Waals surface area contributed by atoms with E-state index >= 15 is 0 Å². The predicted octanol–water partition coefficient (Wildman–Crippen LogP) is 3.89. The van der Waals surface area contributed by atoms with Crippen LogP contribution in [0, 0.1) is 11.8 Å². The first-order chi connectivity index (χ1) is 12.7. The number of nitrogens with one attached hydrogen (secondary N) is 2. The summed E-state index contributed by atoms with van der Waals surface area (Å²) in [7, 11) is -0.268. The third-order valence-electron chi connectivity index (χ3n) is 5.16. The second-order valence-electron chi connectivity index (χ2n) is 7.70. The minimum atomic E-state index is -3.37. The lowest BCUT2D eigenvalue weighted by Gasteiger charge is -2.32. The normalized spacial score (nSPS) is 20.9. The summed E-state index contributed by atoms with van der Waals surface area (Å²) in [5.41, 5.74) is 0. The summed E-state index contributed by atoms with van der Waals surface area (Å²) in [5, 5.41) is 6.87. The van der Waals surface area contributed by atoms with Gasteiger partial charge in [-0.15, -0.1) is 35.3 Å². The van der Waals surface area contributed by atoms with Crippen LogP contribution < -0.4 is 10.6 Å². The highest BCUT2D eigenvalue weighted by atomic mass is 127. The van der Waals surface area contributed by atoms with Gasteiger partial charge in [0.15, 0.2) is 5.96 Å². The molecule has 1 saturated carbocycles. The highest BCUT2D eigenvalue weighted by Gasteiger charge is 2.24. The van der Waals surface area contributed by atoms with Crippen molar-refractivity contribution in [2.75, 3.05) is 20.6 Å². The Morgan fingerprint density at radius 3 is 2.43 bits per heavy atom. The summed E-state index contributed by atoms with van der Waals surface area (Å²) in [6, 6.07) is 3.98. The van der Waals surface area contributed by atoms with Gasteiger partial charge in [0, 0.05) is 31.6 Å². The molecule has 6 nitrogen and oxygen atoms in total. The summed E-state index contributed by atoms with van der Waals surface area (Å²) in [4.78, 5) is 5.61. The second kappa shape index (κ2) is 11.7. The zero-order valence-electron chi connectivity index (χ0n) is 17.6. The quantitative estimate of drug-likeness (QED) is 0.312. The predicted molar refractivity (Wildman–Crippen MR) is 129 cm³/mol. The third-order valence-corrected chi connectivity index (χ3v) is 8.52. The molecule has 1 aromatic heterocycles.